The van der Waals surface area contributed by atoms with Gasteiger partial charge in [-0.15, -0.1) is 0 Å². The number of hydrogen-bond donors (Lipinski definition) is 1. The third kappa shape index (κ3) is 3.98. The molecular weight excluding hydrogens is 411 g/mol. The minimum Gasteiger partial charge on any atom is -0.497 e. The molecule has 0 atom stereocenters. The van der Waals surface area contributed by atoms with Gasteiger partial charge in [0.25, 0.3) is 0 Å². The van der Waals surface area contributed by atoms with Crippen LogP contribution < -0.4 is 9.47 Å². The molecule has 1 fully saturated rings. The van der Waals surface area contributed by atoms with Gasteiger partial charge in [-0.2, -0.15) is 4.31 Å². The van der Waals surface area contributed by atoms with Gasteiger partial charge < -0.3 is 14.5 Å². The van der Waals surface area contributed by atoms with E-state index in [1.54, 1.807) is 7.11 Å². The van der Waals surface area contributed by atoms with Crippen LogP contribution in [0.1, 0.15) is 5.82 Å². The number of hydrogen-bond acceptors (Lipinski definition) is 6. The van der Waals surface area contributed by atoms with Crippen LogP contribution in [0.3, 0.4) is 0 Å². The number of methoxy groups -OCH3 is 2. The van der Waals surface area contributed by atoms with Crippen LogP contribution in [-0.2, 0) is 16.6 Å². The van der Waals surface area contributed by atoms with Crippen LogP contribution in [-0.4, -0.2) is 68.0 Å². The molecule has 0 bridgehead atoms. The lowest BCUT2D eigenvalue weighted by molar-refractivity contribution is 0.178. The number of aromatic amines is 1. The predicted octanol–water partition coefficient (Wildman–Crippen LogP) is 2.23. The monoisotopic (exact) mass is 434 g/mol. The second-order valence-electron chi connectivity index (χ2n) is 7.04. The Morgan fingerprint density at radius 3 is 2.53 bits per heavy atom. The van der Waals surface area contributed by atoms with E-state index >= 15 is 0 Å². The summed E-state index contributed by atoms with van der Waals surface area (Å²) in [6, 6.07) is 9.15. The molecule has 1 N–H and O–H groups in total. The number of imidazole rings is 1. The Balaban J connectivity index is 1.44. The third-order valence-corrected chi connectivity index (χ3v) is 7.11. The average Bonchev–Trinajstić information content (AvgIpc) is 3.15. The van der Waals surface area contributed by atoms with Crippen molar-refractivity contribution in [2.45, 2.75) is 11.4 Å². The van der Waals surface area contributed by atoms with E-state index in [2.05, 4.69) is 14.9 Å². The zero-order valence-electron chi connectivity index (χ0n) is 16.8. The van der Waals surface area contributed by atoms with Crippen LogP contribution in [0.4, 0.5) is 4.39 Å². The largest absolute Gasteiger partial charge is 0.497 e. The molecule has 1 aromatic heterocycles. The van der Waals surface area contributed by atoms with E-state index in [-0.39, 0.29) is 10.6 Å². The summed E-state index contributed by atoms with van der Waals surface area (Å²) in [5.74, 6) is 1.08. The van der Waals surface area contributed by atoms with Crippen LogP contribution in [0.2, 0.25) is 0 Å². The van der Waals surface area contributed by atoms with Gasteiger partial charge in [0.1, 0.15) is 28.0 Å². The van der Waals surface area contributed by atoms with Crippen molar-refractivity contribution in [3.63, 3.8) is 0 Å². The van der Waals surface area contributed by atoms with Gasteiger partial charge in [0, 0.05) is 32.2 Å². The van der Waals surface area contributed by atoms with E-state index in [9.17, 15) is 12.8 Å². The van der Waals surface area contributed by atoms with Gasteiger partial charge in [-0.25, -0.2) is 17.8 Å². The van der Waals surface area contributed by atoms with Gasteiger partial charge in [0.05, 0.1) is 31.8 Å². The summed E-state index contributed by atoms with van der Waals surface area (Å²) in [4.78, 5) is 9.85. The summed E-state index contributed by atoms with van der Waals surface area (Å²) in [7, 11) is -0.863. The van der Waals surface area contributed by atoms with Gasteiger partial charge in [0.15, 0.2) is 0 Å². The molecular formula is C20H23FN4O4S. The SMILES string of the molecule is COc1ccc2nc(CN3CCN(S(=O)(=O)c4cc(F)ccc4OC)CC3)[nH]c2c1. The molecule has 160 valence electrons. The first kappa shape index (κ1) is 20.6. The Morgan fingerprint density at radius 2 is 1.83 bits per heavy atom. The van der Waals surface area contributed by atoms with Crippen molar-refractivity contribution >= 4 is 21.1 Å². The highest BCUT2D eigenvalue weighted by Crippen LogP contribution is 2.28. The molecule has 0 aliphatic carbocycles. The first-order chi connectivity index (χ1) is 14.4. The Kier molecular flexibility index (Phi) is 5.63. The molecule has 3 aromatic rings. The molecule has 0 amide bonds. The molecule has 0 unspecified atom stereocenters. The van der Waals surface area contributed by atoms with E-state index in [0.717, 1.165) is 28.7 Å². The van der Waals surface area contributed by atoms with Crippen LogP contribution in [0.5, 0.6) is 11.5 Å². The Hall–Kier alpha value is -2.69. The van der Waals surface area contributed by atoms with Crippen LogP contribution in [0, 0.1) is 5.82 Å². The van der Waals surface area contributed by atoms with Crippen molar-refractivity contribution in [1.82, 2.24) is 19.2 Å². The molecule has 8 nitrogen and oxygen atoms in total. The molecule has 10 heteroatoms. The van der Waals surface area contributed by atoms with E-state index in [0.29, 0.717) is 32.7 Å². The topological polar surface area (TPSA) is 87.8 Å². The number of fused-ring (bicyclic) bond motifs is 1. The van der Waals surface area contributed by atoms with Gasteiger partial charge in [0.2, 0.25) is 10.0 Å². The van der Waals surface area contributed by atoms with Gasteiger partial charge in [-0.1, -0.05) is 0 Å². The van der Waals surface area contributed by atoms with E-state index in [1.807, 2.05) is 18.2 Å². The van der Waals surface area contributed by atoms with Gasteiger partial charge in [-0.05, 0) is 30.3 Å². The Labute approximate surface area is 174 Å². The number of aromatic nitrogens is 2. The molecule has 4 rings (SSSR count). The van der Waals surface area contributed by atoms with Crippen molar-refractivity contribution in [2.75, 3.05) is 40.4 Å². The standard InChI is InChI=1S/C20H23FN4O4S/c1-28-15-4-5-16-17(12-15)23-20(22-16)13-24-7-9-25(10-8-24)30(26,27)19-11-14(21)3-6-18(19)29-2/h3-6,11-12H,7-10,13H2,1-2H3,(H,22,23). The third-order valence-electron chi connectivity index (χ3n) is 5.19. The summed E-state index contributed by atoms with van der Waals surface area (Å²) in [6.45, 7) is 2.26. The number of nitrogens with one attached hydrogen (secondary N) is 1. The number of benzene rings is 2. The number of sulfonamides is 1. The first-order valence-electron chi connectivity index (χ1n) is 9.49. The fourth-order valence-electron chi connectivity index (χ4n) is 3.57. The number of rotatable bonds is 6. The molecule has 0 radical (unpaired) electrons. The highest BCUT2D eigenvalue weighted by Gasteiger charge is 2.31. The van der Waals surface area contributed by atoms with E-state index < -0.39 is 15.8 Å². The van der Waals surface area contributed by atoms with Crippen LogP contribution in [0.15, 0.2) is 41.3 Å². The van der Waals surface area contributed by atoms with Gasteiger partial charge >= 0.3 is 0 Å². The normalized spacial score (nSPS) is 16.1. The Morgan fingerprint density at radius 1 is 1.07 bits per heavy atom. The van der Waals surface area contributed by atoms with Crippen molar-refractivity contribution < 1.29 is 22.3 Å². The maximum atomic E-state index is 13.7. The predicted molar refractivity (Wildman–Crippen MR) is 110 cm³/mol. The number of nitrogens with zero attached hydrogens (tertiary/aromatic N) is 3. The second kappa shape index (κ2) is 8.21. The van der Waals surface area contributed by atoms with Crippen molar-refractivity contribution in [3.05, 3.63) is 48.0 Å². The lowest BCUT2D eigenvalue weighted by Crippen LogP contribution is -2.48. The summed E-state index contributed by atoms with van der Waals surface area (Å²) < 4.78 is 51.4. The fraction of sp³-hybridized carbons (Fsp3) is 0.350. The molecule has 2 heterocycles. The average molecular weight is 434 g/mol. The quantitative estimate of drug-likeness (QED) is 0.640. The zero-order valence-corrected chi connectivity index (χ0v) is 17.6. The highest BCUT2D eigenvalue weighted by molar-refractivity contribution is 7.89. The lowest BCUT2D eigenvalue weighted by Gasteiger charge is -2.33. The molecule has 1 aliphatic heterocycles. The highest BCUT2D eigenvalue weighted by atomic mass is 32.2. The van der Waals surface area contributed by atoms with Crippen LogP contribution >= 0.6 is 0 Å². The smallest absolute Gasteiger partial charge is 0.246 e. The van der Waals surface area contributed by atoms with Gasteiger partial charge in [-0.3, -0.25) is 4.90 Å². The minimum atomic E-state index is -3.85. The van der Waals surface area contributed by atoms with Crippen molar-refractivity contribution in [1.29, 1.82) is 0 Å². The number of halogens is 1. The number of piperazine rings is 1. The molecule has 30 heavy (non-hydrogen) atoms. The minimum absolute atomic E-state index is 0.136. The first-order valence-corrected chi connectivity index (χ1v) is 10.9. The summed E-state index contributed by atoms with van der Waals surface area (Å²) in [5, 5.41) is 0. The van der Waals surface area contributed by atoms with Crippen molar-refractivity contribution in [3.8, 4) is 11.5 Å². The fourth-order valence-corrected chi connectivity index (χ4v) is 5.16. The van der Waals surface area contributed by atoms with E-state index in [1.165, 1.54) is 23.5 Å². The van der Waals surface area contributed by atoms with Crippen LogP contribution in [0.25, 0.3) is 11.0 Å². The zero-order chi connectivity index (χ0) is 21.3. The Bertz CT molecular complexity index is 1160. The molecule has 0 saturated carbocycles. The molecule has 0 spiro atoms. The molecule has 1 aliphatic rings. The maximum Gasteiger partial charge on any atom is 0.246 e. The summed E-state index contributed by atoms with van der Waals surface area (Å²) in [6.07, 6.45) is 0. The maximum absolute atomic E-state index is 13.7. The molecule has 2 aromatic carbocycles. The molecule has 1 saturated heterocycles. The van der Waals surface area contributed by atoms with E-state index in [4.69, 9.17) is 9.47 Å². The summed E-state index contributed by atoms with van der Waals surface area (Å²) in [5.41, 5.74) is 1.74. The summed E-state index contributed by atoms with van der Waals surface area (Å²) >= 11 is 0. The second-order valence-corrected chi connectivity index (χ2v) is 8.95. The lowest BCUT2D eigenvalue weighted by atomic mass is 10.3. The number of ether oxygens (including phenoxy) is 2. The number of H-pyrrole nitrogens is 1. The van der Waals surface area contributed by atoms with Crippen molar-refractivity contribution in [2.24, 2.45) is 0 Å².